The first-order valence-electron chi connectivity index (χ1n) is 6.54. The molecule has 110 valence electrons. The van der Waals surface area contributed by atoms with Gasteiger partial charge in [0, 0.05) is 18.8 Å². The number of rotatable bonds is 6. The van der Waals surface area contributed by atoms with E-state index in [0.717, 1.165) is 12.8 Å². The van der Waals surface area contributed by atoms with E-state index in [0.29, 0.717) is 17.4 Å². The third-order valence-corrected chi connectivity index (χ3v) is 3.89. The first-order valence-corrected chi connectivity index (χ1v) is 7.45. The van der Waals surface area contributed by atoms with E-state index in [-0.39, 0.29) is 23.4 Å². The Labute approximate surface area is 127 Å². The number of aromatic nitrogens is 1. The van der Waals surface area contributed by atoms with Gasteiger partial charge in [0.2, 0.25) is 0 Å². The molecular formula is C13H17Cl2N3O2. The Morgan fingerprint density at radius 3 is 2.90 bits per heavy atom. The predicted molar refractivity (Wildman–Crippen MR) is 79.6 cm³/mol. The summed E-state index contributed by atoms with van der Waals surface area (Å²) in [6, 6.07) is 2.06. The Hall–Kier alpha value is -1.04. The molecule has 0 aromatic carbocycles. The molecule has 1 aromatic heterocycles. The molecule has 7 heteroatoms. The number of pyridine rings is 1. The lowest BCUT2D eigenvalue weighted by atomic mass is 9.93. The van der Waals surface area contributed by atoms with Crippen LogP contribution in [-0.4, -0.2) is 40.6 Å². The Balaban J connectivity index is 2.01. The minimum Gasteiger partial charge on any atom is -0.390 e. The molecular weight excluding hydrogens is 301 g/mol. The van der Waals surface area contributed by atoms with Gasteiger partial charge in [-0.25, -0.2) is 4.98 Å². The first kappa shape index (κ1) is 15.4. The van der Waals surface area contributed by atoms with Gasteiger partial charge in [-0.3, -0.25) is 4.79 Å². The summed E-state index contributed by atoms with van der Waals surface area (Å²) in [5.74, 6) is 0.360. The van der Waals surface area contributed by atoms with Gasteiger partial charge in [-0.2, -0.15) is 0 Å². The van der Waals surface area contributed by atoms with Crippen molar-refractivity contribution in [3.05, 3.63) is 22.8 Å². The van der Waals surface area contributed by atoms with Crippen LogP contribution >= 0.6 is 23.2 Å². The molecule has 3 N–H and O–H groups in total. The van der Waals surface area contributed by atoms with E-state index in [1.807, 2.05) is 0 Å². The quantitative estimate of drug-likeness (QED) is 0.702. The highest BCUT2D eigenvalue weighted by molar-refractivity contribution is 6.33. The van der Waals surface area contributed by atoms with Crippen molar-refractivity contribution in [3.8, 4) is 0 Å². The molecule has 1 fully saturated rings. The van der Waals surface area contributed by atoms with E-state index in [1.54, 1.807) is 6.07 Å². The molecule has 0 aliphatic heterocycles. The van der Waals surface area contributed by atoms with Crippen molar-refractivity contribution in [3.63, 3.8) is 0 Å². The van der Waals surface area contributed by atoms with Crippen LogP contribution in [0.15, 0.2) is 12.3 Å². The van der Waals surface area contributed by atoms with Crippen molar-refractivity contribution >= 4 is 34.9 Å². The fourth-order valence-corrected chi connectivity index (χ4v) is 2.11. The van der Waals surface area contributed by atoms with Gasteiger partial charge in [-0.05, 0) is 25.3 Å². The minimum absolute atomic E-state index is 0.0683. The highest BCUT2D eigenvalue weighted by Gasteiger charge is 2.19. The maximum Gasteiger partial charge on any atom is 0.253 e. The van der Waals surface area contributed by atoms with Crippen LogP contribution in [0.1, 0.15) is 29.6 Å². The summed E-state index contributed by atoms with van der Waals surface area (Å²) in [5, 5.41) is 15.5. The monoisotopic (exact) mass is 317 g/mol. The SMILES string of the molecule is O=C(NC[C@H](O)CCl)c1cc(NC2CCC2)ncc1Cl. The number of carbonyl (C=O) groups is 1. The molecule has 0 saturated heterocycles. The number of nitrogens with zero attached hydrogens (tertiary/aromatic N) is 1. The molecule has 0 bridgehead atoms. The van der Waals surface area contributed by atoms with E-state index in [4.69, 9.17) is 23.2 Å². The Kier molecular flexibility index (Phi) is 5.46. The second-order valence-electron chi connectivity index (χ2n) is 4.84. The van der Waals surface area contributed by atoms with Gasteiger partial charge in [0.1, 0.15) is 5.82 Å². The number of hydrogen-bond acceptors (Lipinski definition) is 4. The molecule has 2 rings (SSSR count). The highest BCUT2D eigenvalue weighted by Crippen LogP contribution is 2.24. The van der Waals surface area contributed by atoms with Gasteiger partial charge in [0.05, 0.1) is 22.6 Å². The van der Waals surface area contributed by atoms with Crippen molar-refractivity contribution in [2.24, 2.45) is 0 Å². The van der Waals surface area contributed by atoms with Crippen LogP contribution in [0.3, 0.4) is 0 Å². The molecule has 1 atom stereocenters. The molecule has 20 heavy (non-hydrogen) atoms. The normalized spacial score (nSPS) is 16.4. The number of halogens is 2. The summed E-state index contributed by atoms with van der Waals surface area (Å²) in [5.41, 5.74) is 0.338. The number of hydrogen-bond donors (Lipinski definition) is 3. The van der Waals surface area contributed by atoms with E-state index >= 15 is 0 Å². The summed E-state index contributed by atoms with van der Waals surface area (Å²) in [7, 11) is 0. The van der Waals surface area contributed by atoms with E-state index in [2.05, 4.69) is 15.6 Å². The van der Waals surface area contributed by atoms with Crippen LogP contribution in [0, 0.1) is 0 Å². The van der Waals surface area contributed by atoms with E-state index in [9.17, 15) is 9.90 Å². The first-order chi connectivity index (χ1) is 9.60. The molecule has 1 aliphatic rings. The van der Waals surface area contributed by atoms with Gasteiger partial charge < -0.3 is 15.7 Å². The van der Waals surface area contributed by atoms with Crippen molar-refractivity contribution in [2.45, 2.75) is 31.4 Å². The topological polar surface area (TPSA) is 74.2 Å². The van der Waals surface area contributed by atoms with Gasteiger partial charge in [-0.15, -0.1) is 11.6 Å². The van der Waals surface area contributed by atoms with E-state index < -0.39 is 6.10 Å². The maximum atomic E-state index is 12.0. The Morgan fingerprint density at radius 2 is 2.30 bits per heavy atom. The highest BCUT2D eigenvalue weighted by atomic mass is 35.5. The standard InChI is InChI=1S/C13H17Cl2N3O2/c14-5-9(19)6-17-13(20)10-4-12(16-7-11(10)15)18-8-2-1-3-8/h4,7-9,19H,1-3,5-6H2,(H,16,18)(H,17,20)/t9-/m1/s1. The summed E-state index contributed by atoms with van der Waals surface area (Å²) < 4.78 is 0. The summed E-state index contributed by atoms with van der Waals surface area (Å²) in [6.45, 7) is 0.0897. The molecule has 1 amide bonds. The number of alkyl halides is 1. The number of carbonyl (C=O) groups excluding carboxylic acids is 1. The average Bonchev–Trinajstić information content (AvgIpc) is 2.41. The van der Waals surface area contributed by atoms with Crippen molar-refractivity contribution in [1.82, 2.24) is 10.3 Å². The van der Waals surface area contributed by atoms with Gasteiger partial charge >= 0.3 is 0 Å². The van der Waals surface area contributed by atoms with E-state index in [1.165, 1.54) is 12.6 Å². The number of aliphatic hydroxyl groups is 1. The summed E-state index contributed by atoms with van der Waals surface area (Å²) in [6.07, 6.45) is 4.14. The maximum absolute atomic E-state index is 12.0. The molecule has 1 aromatic rings. The number of aliphatic hydroxyl groups excluding tert-OH is 1. The largest absolute Gasteiger partial charge is 0.390 e. The lowest BCUT2D eigenvalue weighted by Crippen LogP contribution is -2.33. The Morgan fingerprint density at radius 1 is 1.55 bits per heavy atom. The molecule has 1 saturated carbocycles. The molecule has 1 aliphatic carbocycles. The second kappa shape index (κ2) is 7.11. The lowest BCUT2D eigenvalue weighted by Gasteiger charge is -2.27. The van der Waals surface area contributed by atoms with Gasteiger partial charge in [-0.1, -0.05) is 11.6 Å². The van der Waals surface area contributed by atoms with Crippen LogP contribution in [0.25, 0.3) is 0 Å². The minimum atomic E-state index is -0.770. The number of nitrogens with one attached hydrogen (secondary N) is 2. The van der Waals surface area contributed by atoms with Gasteiger partial charge in [0.25, 0.3) is 5.91 Å². The number of anilines is 1. The zero-order valence-electron chi connectivity index (χ0n) is 10.9. The average molecular weight is 318 g/mol. The third-order valence-electron chi connectivity index (χ3n) is 3.23. The van der Waals surface area contributed by atoms with Crippen molar-refractivity contribution < 1.29 is 9.90 Å². The predicted octanol–water partition coefficient (Wildman–Crippen LogP) is 2.03. The third kappa shape index (κ3) is 3.98. The second-order valence-corrected chi connectivity index (χ2v) is 5.56. The fraction of sp³-hybridized carbons (Fsp3) is 0.538. The molecule has 0 unspecified atom stereocenters. The zero-order chi connectivity index (χ0) is 14.5. The molecule has 5 nitrogen and oxygen atoms in total. The summed E-state index contributed by atoms with van der Waals surface area (Å²) in [4.78, 5) is 16.2. The van der Waals surface area contributed by atoms with Crippen LogP contribution in [0.2, 0.25) is 5.02 Å². The molecule has 0 spiro atoms. The van der Waals surface area contributed by atoms with Crippen LogP contribution in [0.5, 0.6) is 0 Å². The van der Waals surface area contributed by atoms with Crippen LogP contribution in [-0.2, 0) is 0 Å². The molecule has 1 heterocycles. The Bertz CT molecular complexity index is 481. The number of amides is 1. The van der Waals surface area contributed by atoms with Crippen LogP contribution < -0.4 is 10.6 Å². The fourth-order valence-electron chi connectivity index (χ4n) is 1.81. The van der Waals surface area contributed by atoms with Crippen LogP contribution in [0.4, 0.5) is 5.82 Å². The van der Waals surface area contributed by atoms with Gasteiger partial charge in [0.15, 0.2) is 0 Å². The lowest BCUT2D eigenvalue weighted by molar-refractivity contribution is 0.0925. The smallest absolute Gasteiger partial charge is 0.253 e. The summed E-state index contributed by atoms with van der Waals surface area (Å²) >= 11 is 11.5. The molecule has 0 radical (unpaired) electrons. The zero-order valence-corrected chi connectivity index (χ0v) is 12.4. The van der Waals surface area contributed by atoms with Crippen molar-refractivity contribution in [1.29, 1.82) is 0 Å². The van der Waals surface area contributed by atoms with Crippen molar-refractivity contribution in [2.75, 3.05) is 17.7 Å².